The third-order valence-electron chi connectivity index (χ3n) is 3.79. The van der Waals surface area contributed by atoms with E-state index in [-0.39, 0.29) is 29.0 Å². The monoisotopic (exact) mass is 374 g/mol. The van der Waals surface area contributed by atoms with Gasteiger partial charge in [0.2, 0.25) is 5.91 Å². The first kappa shape index (κ1) is 19.7. The van der Waals surface area contributed by atoms with E-state index in [2.05, 4.69) is 10.6 Å². The molecule has 0 spiro atoms. The molecule has 0 bridgehead atoms. The summed E-state index contributed by atoms with van der Waals surface area (Å²) in [5, 5.41) is 5.38. The molecule has 2 rings (SSSR count). The van der Waals surface area contributed by atoms with E-state index in [0.29, 0.717) is 17.7 Å². The van der Waals surface area contributed by atoms with Gasteiger partial charge < -0.3 is 10.6 Å². The van der Waals surface area contributed by atoms with Crippen LogP contribution in [0.3, 0.4) is 0 Å². The van der Waals surface area contributed by atoms with Crippen LogP contribution in [0.4, 0.5) is 5.69 Å². The second kappa shape index (κ2) is 8.62. The van der Waals surface area contributed by atoms with Gasteiger partial charge in [-0.15, -0.1) is 0 Å². The van der Waals surface area contributed by atoms with Crippen molar-refractivity contribution in [2.75, 3.05) is 17.6 Å². The first-order valence-corrected chi connectivity index (χ1v) is 9.89. The Hall–Kier alpha value is -2.67. The van der Waals surface area contributed by atoms with Crippen molar-refractivity contribution in [2.45, 2.75) is 25.2 Å². The average Bonchev–Trinajstić information content (AvgIpc) is 2.61. The predicted molar refractivity (Wildman–Crippen MR) is 101 cm³/mol. The van der Waals surface area contributed by atoms with Crippen molar-refractivity contribution in [2.24, 2.45) is 0 Å². The summed E-state index contributed by atoms with van der Waals surface area (Å²) in [6.45, 7) is 3.48. The van der Waals surface area contributed by atoms with Crippen LogP contribution in [-0.2, 0) is 14.6 Å². The maximum Gasteiger partial charge on any atom is 0.251 e. The van der Waals surface area contributed by atoms with Gasteiger partial charge in [-0.2, -0.15) is 0 Å². The molecule has 0 saturated carbocycles. The van der Waals surface area contributed by atoms with Crippen LogP contribution in [0.15, 0.2) is 53.4 Å². The molecule has 26 heavy (non-hydrogen) atoms. The molecule has 0 atom stereocenters. The number of anilines is 1. The van der Waals surface area contributed by atoms with Crippen molar-refractivity contribution in [1.82, 2.24) is 5.32 Å². The molecule has 0 radical (unpaired) electrons. The fourth-order valence-electron chi connectivity index (χ4n) is 2.40. The number of hydrogen-bond donors (Lipinski definition) is 2. The second-order valence-corrected chi connectivity index (χ2v) is 8.06. The van der Waals surface area contributed by atoms with Gasteiger partial charge in [-0.25, -0.2) is 8.42 Å². The Morgan fingerprint density at radius 1 is 1.04 bits per heavy atom. The summed E-state index contributed by atoms with van der Waals surface area (Å²) < 4.78 is 24.4. The van der Waals surface area contributed by atoms with Crippen molar-refractivity contribution >= 4 is 27.3 Å². The third kappa shape index (κ3) is 5.42. The minimum Gasteiger partial charge on any atom is -0.352 e. The zero-order valence-electron chi connectivity index (χ0n) is 14.8. The maximum absolute atomic E-state index is 12.2. The van der Waals surface area contributed by atoms with Crippen LogP contribution in [-0.4, -0.2) is 32.5 Å². The first-order valence-electron chi connectivity index (χ1n) is 8.24. The molecule has 138 valence electrons. The highest BCUT2D eigenvalue weighted by molar-refractivity contribution is 7.91. The standard InChI is InChI=1S/C19H22N2O4S/c1-14-9-10-16(13-18(14)21-15(2)22)19(23)20-11-6-12-26(24,25)17-7-4-3-5-8-17/h3-5,7-10,13H,6,11-12H2,1-2H3,(H,20,23)(H,21,22). The van der Waals surface area contributed by atoms with Crippen molar-refractivity contribution in [1.29, 1.82) is 0 Å². The summed E-state index contributed by atoms with van der Waals surface area (Å²) in [6.07, 6.45) is 0.313. The number of nitrogens with one attached hydrogen (secondary N) is 2. The van der Waals surface area contributed by atoms with Crippen LogP contribution in [0, 0.1) is 6.92 Å². The van der Waals surface area contributed by atoms with Crippen LogP contribution in [0.5, 0.6) is 0 Å². The van der Waals surface area contributed by atoms with Gasteiger partial charge in [0.1, 0.15) is 0 Å². The van der Waals surface area contributed by atoms with E-state index >= 15 is 0 Å². The molecule has 0 aliphatic carbocycles. The number of carbonyl (C=O) groups excluding carboxylic acids is 2. The Bertz CT molecular complexity index is 893. The van der Waals surface area contributed by atoms with Crippen LogP contribution in [0.1, 0.15) is 29.3 Å². The molecule has 0 aliphatic rings. The number of carbonyl (C=O) groups is 2. The minimum absolute atomic E-state index is 0.0394. The topological polar surface area (TPSA) is 92.3 Å². The molecule has 0 unspecified atom stereocenters. The molecule has 0 heterocycles. The highest BCUT2D eigenvalue weighted by Crippen LogP contribution is 2.17. The number of aryl methyl sites for hydroxylation is 1. The van der Waals surface area contributed by atoms with Gasteiger partial charge in [-0.05, 0) is 43.2 Å². The normalized spacial score (nSPS) is 11.0. The molecule has 7 heteroatoms. The van der Waals surface area contributed by atoms with Gasteiger partial charge >= 0.3 is 0 Å². The predicted octanol–water partition coefficient (Wildman–Crippen LogP) is 2.55. The van der Waals surface area contributed by atoms with E-state index in [1.807, 2.05) is 6.92 Å². The highest BCUT2D eigenvalue weighted by Gasteiger charge is 2.14. The molecule has 0 saturated heterocycles. The van der Waals surface area contributed by atoms with Gasteiger partial charge in [0.05, 0.1) is 10.6 Å². The van der Waals surface area contributed by atoms with Gasteiger partial charge in [0, 0.05) is 24.7 Å². The molecular weight excluding hydrogens is 352 g/mol. The van der Waals surface area contributed by atoms with Crippen molar-refractivity contribution in [3.8, 4) is 0 Å². The van der Waals surface area contributed by atoms with E-state index in [1.165, 1.54) is 6.92 Å². The molecule has 2 aromatic carbocycles. The molecule has 2 amide bonds. The molecule has 6 nitrogen and oxygen atoms in total. The van der Waals surface area contributed by atoms with Gasteiger partial charge in [0.15, 0.2) is 9.84 Å². The molecule has 0 aliphatic heterocycles. The molecular formula is C19H22N2O4S. The number of hydrogen-bond acceptors (Lipinski definition) is 4. The summed E-state index contributed by atoms with van der Waals surface area (Å²) in [5.41, 5.74) is 1.84. The van der Waals surface area contributed by atoms with E-state index in [0.717, 1.165) is 5.56 Å². The van der Waals surface area contributed by atoms with Crippen molar-refractivity contribution in [3.05, 3.63) is 59.7 Å². The van der Waals surface area contributed by atoms with Gasteiger partial charge in [-0.1, -0.05) is 24.3 Å². The largest absolute Gasteiger partial charge is 0.352 e. The van der Waals surface area contributed by atoms with Crippen molar-refractivity contribution in [3.63, 3.8) is 0 Å². The number of amides is 2. The Balaban J connectivity index is 1.90. The molecule has 0 aromatic heterocycles. The summed E-state index contributed by atoms with van der Waals surface area (Å²) in [4.78, 5) is 23.7. The number of sulfone groups is 1. The van der Waals surface area contributed by atoms with Gasteiger partial charge in [-0.3, -0.25) is 9.59 Å². The maximum atomic E-state index is 12.2. The Morgan fingerprint density at radius 3 is 2.38 bits per heavy atom. The van der Waals surface area contributed by atoms with Crippen molar-refractivity contribution < 1.29 is 18.0 Å². The van der Waals surface area contributed by atoms with Crippen LogP contribution in [0.25, 0.3) is 0 Å². The lowest BCUT2D eigenvalue weighted by atomic mass is 10.1. The fourth-order valence-corrected chi connectivity index (χ4v) is 3.73. The van der Waals surface area contributed by atoms with E-state index in [1.54, 1.807) is 48.5 Å². The minimum atomic E-state index is -3.35. The summed E-state index contributed by atoms with van der Waals surface area (Å²) >= 11 is 0. The van der Waals surface area contributed by atoms with Crippen LogP contribution in [0.2, 0.25) is 0 Å². The summed E-state index contributed by atoms with van der Waals surface area (Å²) in [5.74, 6) is -0.562. The molecule has 0 fully saturated rings. The van der Waals surface area contributed by atoms with E-state index in [9.17, 15) is 18.0 Å². The smallest absolute Gasteiger partial charge is 0.251 e. The first-order chi connectivity index (χ1) is 12.3. The van der Waals surface area contributed by atoms with Crippen LogP contribution >= 0.6 is 0 Å². The van der Waals surface area contributed by atoms with Gasteiger partial charge in [0.25, 0.3) is 5.91 Å². The van der Waals surface area contributed by atoms with E-state index < -0.39 is 9.84 Å². The number of benzene rings is 2. The quantitative estimate of drug-likeness (QED) is 0.729. The third-order valence-corrected chi connectivity index (χ3v) is 5.60. The summed E-state index contributed by atoms with van der Waals surface area (Å²) in [7, 11) is -3.35. The Morgan fingerprint density at radius 2 is 1.73 bits per heavy atom. The lowest BCUT2D eigenvalue weighted by molar-refractivity contribution is -0.114. The zero-order valence-corrected chi connectivity index (χ0v) is 15.6. The molecule has 2 aromatic rings. The number of rotatable bonds is 7. The molecule has 2 N–H and O–H groups in total. The Labute approximate surface area is 153 Å². The van der Waals surface area contributed by atoms with Crippen LogP contribution < -0.4 is 10.6 Å². The van der Waals surface area contributed by atoms with E-state index in [4.69, 9.17) is 0 Å². The lowest BCUT2D eigenvalue weighted by Crippen LogP contribution is -2.26. The fraction of sp³-hybridized carbons (Fsp3) is 0.263. The zero-order chi connectivity index (χ0) is 19.2. The Kier molecular flexibility index (Phi) is 6.52. The summed E-state index contributed by atoms with van der Waals surface area (Å²) in [6, 6.07) is 13.3. The SMILES string of the molecule is CC(=O)Nc1cc(C(=O)NCCCS(=O)(=O)c2ccccc2)ccc1C. The average molecular weight is 374 g/mol. The highest BCUT2D eigenvalue weighted by atomic mass is 32.2. The second-order valence-electron chi connectivity index (χ2n) is 5.95. The lowest BCUT2D eigenvalue weighted by Gasteiger charge is -2.10.